The second kappa shape index (κ2) is 6.62. The monoisotopic (exact) mass is 305 g/mol. The van der Waals surface area contributed by atoms with Crippen molar-refractivity contribution in [1.82, 2.24) is 9.80 Å². The zero-order valence-electron chi connectivity index (χ0n) is 11.9. The molecule has 0 saturated carbocycles. The second-order valence-corrected chi connectivity index (χ2v) is 5.26. The summed E-state index contributed by atoms with van der Waals surface area (Å²) in [5.74, 6) is -1.24. The first-order valence-electron chi connectivity index (χ1n) is 6.88. The summed E-state index contributed by atoms with van der Waals surface area (Å²) in [5, 5.41) is 2.92. The van der Waals surface area contributed by atoms with Gasteiger partial charge in [-0.05, 0) is 25.2 Å². The number of benzene rings is 1. The smallest absolute Gasteiger partial charge is 0.384 e. The van der Waals surface area contributed by atoms with Gasteiger partial charge in [0.1, 0.15) is 5.82 Å². The zero-order chi connectivity index (χ0) is 15.5. The van der Waals surface area contributed by atoms with Crippen LogP contribution in [0.4, 0.5) is 23.2 Å². The molecule has 1 N–H and O–H groups in total. The molecule has 0 bridgehead atoms. The topological polar surface area (TPSA) is 18.5 Å². The third kappa shape index (κ3) is 4.57. The predicted octanol–water partition coefficient (Wildman–Crippen LogP) is 2.50. The van der Waals surface area contributed by atoms with E-state index in [0.29, 0.717) is 6.54 Å². The lowest BCUT2D eigenvalue weighted by Crippen LogP contribution is -2.45. The van der Waals surface area contributed by atoms with Crippen LogP contribution in [-0.4, -0.2) is 56.1 Å². The third-order valence-electron chi connectivity index (χ3n) is 3.62. The molecule has 0 amide bonds. The lowest BCUT2D eigenvalue weighted by atomic mass is 10.2. The van der Waals surface area contributed by atoms with Crippen molar-refractivity contribution in [3.05, 3.63) is 29.6 Å². The minimum atomic E-state index is -4.67. The molecule has 2 rings (SSSR count). The largest absolute Gasteiger partial charge is 0.419 e. The molecule has 1 fully saturated rings. The Labute approximate surface area is 121 Å². The van der Waals surface area contributed by atoms with Gasteiger partial charge in [0.05, 0.1) is 5.56 Å². The van der Waals surface area contributed by atoms with Crippen LogP contribution in [0.2, 0.25) is 0 Å². The van der Waals surface area contributed by atoms with Crippen LogP contribution in [0.3, 0.4) is 0 Å². The Bertz CT molecular complexity index is 468. The Morgan fingerprint density at radius 2 is 1.81 bits per heavy atom. The molecule has 1 aliphatic rings. The van der Waals surface area contributed by atoms with Crippen LogP contribution in [-0.2, 0) is 6.18 Å². The molecule has 1 aromatic rings. The van der Waals surface area contributed by atoms with Gasteiger partial charge in [-0.25, -0.2) is 4.39 Å². The molecule has 1 heterocycles. The van der Waals surface area contributed by atoms with Crippen molar-refractivity contribution in [2.45, 2.75) is 6.18 Å². The van der Waals surface area contributed by atoms with Gasteiger partial charge in [0.2, 0.25) is 0 Å². The van der Waals surface area contributed by atoms with Crippen LogP contribution in [0, 0.1) is 5.82 Å². The molecule has 3 nitrogen and oxygen atoms in total. The van der Waals surface area contributed by atoms with Crippen molar-refractivity contribution in [2.75, 3.05) is 51.6 Å². The van der Waals surface area contributed by atoms with Gasteiger partial charge < -0.3 is 10.2 Å². The Kier molecular flexibility index (Phi) is 5.05. The Balaban J connectivity index is 1.86. The van der Waals surface area contributed by atoms with Gasteiger partial charge >= 0.3 is 6.18 Å². The standard InChI is InChI=1S/C14H19F4N3/c1-20-6-8-21(9-7-20)5-4-19-11-2-3-13(15)12(10-11)14(16,17)18/h2-3,10,19H,4-9H2,1H3. The Hall–Kier alpha value is -1.34. The summed E-state index contributed by atoms with van der Waals surface area (Å²) in [6, 6.07) is 2.99. The van der Waals surface area contributed by atoms with Crippen molar-refractivity contribution in [2.24, 2.45) is 0 Å². The summed E-state index contributed by atoms with van der Waals surface area (Å²) in [4.78, 5) is 4.49. The van der Waals surface area contributed by atoms with Gasteiger partial charge in [-0.1, -0.05) is 0 Å². The van der Waals surface area contributed by atoms with Crippen LogP contribution < -0.4 is 5.32 Å². The molecule has 1 aliphatic heterocycles. The number of alkyl halides is 3. The molecule has 0 unspecified atom stereocenters. The Morgan fingerprint density at radius 1 is 1.14 bits per heavy atom. The maximum absolute atomic E-state index is 13.2. The van der Waals surface area contributed by atoms with Crippen molar-refractivity contribution in [1.29, 1.82) is 0 Å². The molecule has 7 heteroatoms. The van der Waals surface area contributed by atoms with Crippen LogP contribution in [0.25, 0.3) is 0 Å². The number of nitrogens with one attached hydrogen (secondary N) is 1. The Morgan fingerprint density at radius 3 is 2.43 bits per heavy atom. The average molecular weight is 305 g/mol. The van der Waals surface area contributed by atoms with E-state index in [9.17, 15) is 17.6 Å². The SMILES string of the molecule is CN1CCN(CCNc2ccc(F)c(C(F)(F)F)c2)CC1. The quantitative estimate of drug-likeness (QED) is 0.862. The minimum Gasteiger partial charge on any atom is -0.384 e. The number of anilines is 1. The van der Waals surface area contributed by atoms with E-state index in [-0.39, 0.29) is 5.69 Å². The van der Waals surface area contributed by atoms with Crippen molar-refractivity contribution < 1.29 is 17.6 Å². The average Bonchev–Trinajstić information content (AvgIpc) is 2.41. The van der Waals surface area contributed by atoms with E-state index in [0.717, 1.165) is 44.9 Å². The number of hydrogen-bond donors (Lipinski definition) is 1. The fourth-order valence-corrected chi connectivity index (χ4v) is 2.28. The lowest BCUT2D eigenvalue weighted by molar-refractivity contribution is -0.139. The van der Waals surface area contributed by atoms with Crippen molar-refractivity contribution in [3.8, 4) is 0 Å². The van der Waals surface area contributed by atoms with Crippen LogP contribution >= 0.6 is 0 Å². The molecule has 0 atom stereocenters. The molecule has 21 heavy (non-hydrogen) atoms. The molecule has 0 aromatic heterocycles. The van der Waals surface area contributed by atoms with E-state index >= 15 is 0 Å². The number of rotatable bonds is 4. The first kappa shape index (κ1) is 16.0. The van der Waals surface area contributed by atoms with Crippen LogP contribution in [0.5, 0.6) is 0 Å². The van der Waals surface area contributed by atoms with Gasteiger partial charge in [0.25, 0.3) is 0 Å². The van der Waals surface area contributed by atoms with Gasteiger partial charge in [0.15, 0.2) is 0 Å². The van der Waals surface area contributed by atoms with E-state index in [4.69, 9.17) is 0 Å². The molecule has 118 valence electrons. The first-order valence-corrected chi connectivity index (χ1v) is 6.88. The molecule has 1 aromatic carbocycles. The summed E-state index contributed by atoms with van der Waals surface area (Å²) < 4.78 is 50.9. The number of likely N-dealkylation sites (N-methyl/N-ethyl adjacent to an activating group) is 1. The van der Waals surface area contributed by atoms with Gasteiger partial charge in [-0.3, -0.25) is 4.90 Å². The zero-order valence-corrected chi connectivity index (χ0v) is 11.9. The molecular weight excluding hydrogens is 286 g/mol. The van der Waals surface area contributed by atoms with E-state index in [1.807, 2.05) is 0 Å². The third-order valence-corrected chi connectivity index (χ3v) is 3.62. The van der Waals surface area contributed by atoms with Crippen molar-refractivity contribution in [3.63, 3.8) is 0 Å². The van der Waals surface area contributed by atoms with E-state index < -0.39 is 17.6 Å². The summed E-state index contributed by atoms with van der Waals surface area (Å²) >= 11 is 0. The number of hydrogen-bond acceptors (Lipinski definition) is 3. The maximum Gasteiger partial charge on any atom is 0.419 e. The normalized spacial score (nSPS) is 18.0. The highest BCUT2D eigenvalue weighted by atomic mass is 19.4. The van der Waals surface area contributed by atoms with Crippen LogP contribution in [0.15, 0.2) is 18.2 Å². The van der Waals surface area contributed by atoms with E-state index in [2.05, 4.69) is 22.2 Å². The second-order valence-electron chi connectivity index (χ2n) is 5.26. The van der Waals surface area contributed by atoms with E-state index in [1.54, 1.807) is 0 Å². The molecular formula is C14H19F4N3. The molecule has 1 saturated heterocycles. The highest BCUT2D eigenvalue weighted by Crippen LogP contribution is 2.32. The van der Waals surface area contributed by atoms with Gasteiger partial charge in [0, 0.05) is 45.0 Å². The van der Waals surface area contributed by atoms with Crippen LogP contribution in [0.1, 0.15) is 5.56 Å². The fourth-order valence-electron chi connectivity index (χ4n) is 2.28. The highest BCUT2D eigenvalue weighted by molar-refractivity contribution is 5.47. The minimum absolute atomic E-state index is 0.290. The number of nitrogens with zero attached hydrogens (tertiary/aromatic N) is 2. The summed E-state index contributed by atoms with van der Waals surface area (Å²) in [6.45, 7) is 5.19. The number of halogens is 4. The maximum atomic E-state index is 13.2. The van der Waals surface area contributed by atoms with E-state index in [1.165, 1.54) is 6.07 Å². The fraction of sp³-hybridized carbons (Fsp3) is 0.571. The summed E-state index contributed by atoms with van der Waals surface area (Å²) in [5.41, 5.74) is -0.940. The lowest BCUT2D eigenvalue weighted by Gasteiger charge is -2.32. The number of piperazine rings is 1. The molecule has 0 aliphatic carbocycles. The van der Waals surface area contributed by atoms with Gasteiger partial charge in [-0.2, -0.15) is 13.2 Å². The summed E-state index contributed by atoms with van der Waals surface area (Å²) in [6.07, 6.45) is -4.67. The first-order chi connectivity index (χ1) is 9.86. The molecule has 0 radical (unpaired) electrons. The summed E-state index contributed by atoms with van der Waals surface area (Å²) in [7, 11) is 2.06. The van der Waals surface area contributed by atoms with Crippen molar-refractivity contribution >= 4 is 5.69 Å². The molecule has 0 spiro atoms. The highest BCUT2D eigenvalue weighted by Gasteiger charge is 2.34. The predicted molar refractivity (Wildman–Crippen MR) is 73.8 cm³/mol. The van der Waals surface area contributed by atoms with Gasteiger partial charge in [-0.15, -0.1) is 0 Å².